The lowest BCUT2D eigenvalue weighted by Gasteiger charge is -2.38. The number of benzene rings is 3. The third-order valence-corrected chi connectivity index (χ3v) is 11.7. The minimum atomic E-state index is -3.64. The van der Waals surface area contributed by atoms with Crippen molar-refractivity contribution in [2.24, 2.45) is 0 Å². The zero-order valence-electron chi connectivity index (χ0n) is 28.7. The van der Waals surface area contributed by atoms with Gasteiger partial charge in [-0.2, -0.15) is 0 Å². The van der Waals surface area contributed by atoms with Crippen molar-refractivity contribution in [3.63, 3.8) is 0 Å². The van der Waals surface area contributed by atoms with E-state index < -0.39 is 10.0 Å². The molecule has 0 N–H and O–H groups in total. The van der Waals surface area contributed by atoms with Crippen LogP contribution in [0.2, 0.25) is 5.02 Å². The summed E-state index contributed by atoms with van der Waals surface area (Å²) in [5.74, 6) is -0.0104. The quantitative estimate of drug-likeness (QED) is 0.181. The SMILES string of the molecule is CCCN(C(=O)OCc1cccc(C(=O)N2CCCC2)c1)C1CCN(CC[C@H](CN(C)S(=O)(=O)c2ccccc2)c2cccc(Cl)c2)CC1. The van der Waals surface area contributed by atoms with Gasteiger partial charge in [0.2, 0.25) is 10.0 Å². The van der Waals surface area contributed by atoms with Crippen molar-refractivity contribution in [3.8, 4) is 0 Å². The third kappa shape index (κ3) is 9.84. The van der Waals surface area contributed by atoms with Crippen LogP contribution in [0.1, 0.15) is 72.9 Å². The Balaban J connectivity index is 1.15. The number of hydrogen-bond acceptors (Lipinski definition) is 6. The van der Waals surface area contributed by atoms with E-state index in [9.17, 15) is 18.0 Å². The number of carbonyl (C=O) groups excluding carboxylic acids is 2. The van der Waals surface area contributed by atoms with Crippen molar-refractivity contribution >= 4 is 33.6 Å². The summed E-state index contributed by atoms with van der Waals surface area (Å²) in [4.78, 5) is 32.6. The molecule has 264 valence electrons. The first-order valence-electron chi connectivity index (χ1n) is 17.5. The molecule has 0 saturated carbocycles. The third-order valence-electron chi connectivity index (χ3n) is 9.67. The molecule has 11 heteroatoms. The molecule has 1 atom stereocenters. The van der Waals surface area contributed by atoms with E-state index in [0.29, 0.717) is 23.7 Å². The summed E-state index contributed by atoms with van der Waals surface area (Å²) in [7, 11) is -2.00. The van der Waals surface area contributed by atoms with Gasteiger partial charge >= 0.3 is 6.09 Å². The van der Waals surface area contributed by atoms with Crippen LogP contribution < -0.4 is 0 Å². The molecule has 49 heavy (non-hydrogen) atoms. The average molecular weight is 709 g/mol. The van der Waals surface area contributed by atoms with Gasteiger partial charge < -0.3 is 19.4 Å². The van der Waals surface area contributed by atoms with Crippen molar-refractivity contribution in [1.29, 1.82) is 0 Å². The van der Waals surface area contributed by atoms with Crippen LogP contribution in [0.15, 0.2) is 83.8 Å². The number of nitrogens with zero attached hydrogens (tertiary/aromatic N) is 4. The molecule has 2 fully saturated rings. The number of ether oxygens (including phenoxy) is 1. The maximum atomic E-state index is 13.4. The lowest BCUT2D eigenvalue weighted by Crippen LogP contribution is -2.48. The molecule has 0 aliphatic carbocycles. The average Bonchev–Trinajstić information content (AvgIpc) is 3.67. The Morgan fingerprint density at radius 1 is 0.939 bits per heavy atom. The van der Waals surface area contributed by atoms with Gasteiger partial charge in [0.05, 0.1) is 4.90 Å². The molecule has 0 aromatic heterocycles. The Bertz CT molecular complexity index is 1640. The standard InChI is InChI=1S/C38H49ClN4O5S/c1-3-20-43(38(45)48-29-30-11-9-13-32(26-30)37(44)42-21-7-8-22-42)35-18-24-41(25-19-35)23-17-33(31-12-10-14-34(39)27-31)28-40(2)49(46,47)36-15-5-4-6-16-36/h4-6,9-16,26-27,33,35H,3,7-8,17-25,28-29H2,1-2H3/t33-/m1/s1. The summed E-state index contributed by atoms with van der Waals surface area (Å²) in [5, 5.41) is 0.628. The Hall–Kier alpha value is -3.44. The summed E-state index contributed by atoms with van der Waals surface area (Å²) < 4.78 is 33.9. The summed E-state index contributed by atoms with van der Waals surface area (Å²) in [6, 6.07) is 23.7. The number of hydrogen-bond donors (Lipinski definition) is 0. The Morgan fingerprint density at radius 3 is 2.35 bits per heavy atom. The lowest BCUT2D eigenvalue weighted by molar-refractivity contribution is 0.0601. The highest BCUT2D eigenvalue weighted by Gasteiger charge is 2.30. The lowest BCUT2D eigenvalue weighted by atomic mass is 9.94. The first-order chi connectivity index (χ1) is 23.7. The van der Waals surface area contributed by atoms with Gasteiger partial charge in [-0.3, -0.25) is 4.79 Å². The molecule has 2 aliphatic rings. The summed E-state index contributed by atoms with van der Waals surface area (Å²) in [6.07, 6.45) is 5.02. The zero-order valence-corrected chi connectivity index (χ0v) is 30.2. The minimum absolute atomic E-state index is 0.0353. The van der Waals surface area contributed by atoms with E-state index in [1.807, 2.05) is 58.3 Å². The zero-order chi connectivity index (χ0) is 34.8. The molecule has 2 heterocycles. The number of amides is 2. The van der Waals surface area contributed by atoms with Crippen LogP contribution in [0.4, 0.5) is 4.79 Å². The Labute approximate surface area is 296 Å². The topological polar surface area (TPSA) is 90.5 Å². The van der Waals surface area contributed by atoms with Gasteiger partial charge in [-0.1, -0.05) is 61.0 Å². The first kappa shape index (κ1) is 36.8. The number of piperidine rings is 1. The molecule has 2 amide bonds. The summed E-state index contributed by atoms with van der Waals surface area (Å²) in [6.45, 7) is 7.19. The summed E-state index contributed by atoms with van der Waals surface area (Å²) >= 11 is 6.36. The van der Waals surface area contributed by atoms with Crippen molar-refractivity contribution in [3.05, 3.63) is 101 Å². The first-order valence-corrected chi connectivity index (χ1v) is 19.3. The van der Waals surface area contributed by atoms with Crippen LogP contribution in [0.5, 0.6) is 0 Å². The van der Waals surface area contributed by atoms with Gasteiger partial charge in [0, 0.05) is 62.9 Å². The van der Waals surface area contributed by atoms with Crippen LogP contribution in [0.25, 0.3) is 0 Å². The van der Waals surface area contributed by atoms with E-state index in [1.54, 1.807) is 37.4 Å². The fourth-order valence-electron chi connectivity index (χ4n) is 6.89. The molecular formula is C38H49ClN4O5S. The molecule has 0 bridgehead atoms. The molecule has 0 radical (unpaired) electrons. The number of rotatable bonds is 14. The Morgan fingerprint density at radius 2 is 1.65 bits per heavy atom. The van der Waals surface area contributed by atoms with Crippen LogP contribution in [-0.4, -0.2) is 98.3 Å². The fraction of sp³-hybridized carbons (Fsp3) is 0.474. The molecule has 0 unspecified atom stereocenters. The smallest absolute Gasteiger partial charge is 0.410 e. The predicted octanol–water partition coefficient (Wildman–Crippen LogP) is 6.88. The molecule has 5 rings (SSSR count). The highest BCUT2D eigenvalue weighted by atomic mass is 35.5. The van der Waals surface area contributed by atoms with Gasteiger partial charge in [0.15, 0.2) is 0 Å². The fourth-order valence-corrected chi connectivity index (χ4v) is 8.32. The van der Waals surface area contributed by atoms with Crippen LogP contribution in [0, 0.1) is 0 Å². The molecule has 3 aromatic carbocycles. The molecule has 2 aliphatic heterocycles. The molecular weight excluding hydrogens is 660 g/mol. The molecule has 3 aromatic rings. The highest BCUT2D eigenvalue weighted by molar-refractivity contribution is 7.89. The van der Waals surface area contributed by atoms with Crippen LogP contribution >= 0.6 is 11.6 Å². The van der Waals surface area contributed by atoms with Crippen LogP contribution in [0.3, 0.4) is 0 Å². The van der Waals surface area contributed by atoms with Gasteiger partial charge in [-0.15, -0.1) is 0 Å². The predicted molar refractivity (Wildman–Crippen MR) is 193 cm³/mol. The Kier molecular flexibility index (Phi) is 13.1. The maximum Gasteiger partial charge on any atom is 0.410 e. The number of carbonyl (C=O) groups is 2. The van der Waals surface area contributed by atoms with E-state index in [2.05, 4.69) is 11.8 Å². The number of likely N-dealkylation sites (N-methyl/N-ethyl adjacent to an activating group) is 1. The highest BCUT2D eigenvalue weighted by Crippen LogP contribution is 2.28. The molecule has 9 nitrogen and oxygen atoms in total. The number of sulfonamides is 1. The van der Waals surface area contributed by atoms with Crippen molar-refractivity contribution < 1.29 is 22.7 Å². The van der Waals surface area contributed by atoms with E-state index in [1.165, 1.54) is 4.31 Å². The second kappa shape index (κ2) is 17.5. The normalized spacial score (nSPS) is 16.5. The van der Waals surface area contributed by atoms with Crippen molar-refractivity contribution in [2.75, 3.05) is 52.9 Å². The van der Waals surface area contributed by atoms with Gasteiger partial charge in [-0.25, -0.2) is 17.5 Å². The van der Waals surface area contributed by atoms with Gasteiger partial charge in [0.1, 0.15) is 6.61 Å². The van der Waals surface area contributed by atoms with E-state index in [-0.39, 0.29) is 35.5 Å². The van der Waals surface area contributed by atoms with E-state index in [0.717, 1.165) is 82.4 Å². The molecule has 0 spiro atoms. The van der Waals surface area contributed by atoms with E-state index >= 15 is 0 Å². The largest absolute Gasteiger partial charge is 0.445 e. The summed E-state index contributed by atoms with van der Waals surface area (Å²) in [5.41, 5.74) is 2.46. The van der Waals surface area contributed by atoms with E-state index in [4.69, 9.17) is 16.3 Å². The number of likely N-dealkylation sites (tertiary alicyclic amines) is 2. The van der Waals surface area contributed by atoms with Gasteiger partial charge in [-0.05, 0) is 98.5 Å². The van der Waals surface area contributed by atoms with Crippen molar-refractivity contribution in [2.45, 2.75) is 68.9 Å². The maximum absolute atomic E-state index is 13.4. The van der Waals surface area contributed by atoms with Crippen LogP contribution in [-0.2, 0) is 21.4 Å². The van der Waals surface area contributed by atoms with Crippen molar-refractivity contribution in [1.82, 2.24) is 19.0 Å². The minimum Gasteiger partial charge on any atom is -0.445 e. The number of halogens is 1. The second-order valence-corrected chi connectivity index (χ2v) is 15.6. The second-order valence-electron chi connectivity index (χ2n) is 13.2. The molecule has 2 saturated heterocycles. The van der Waals surface area contributed by atoms with Gasteiger partial charge in [0.25, 0.3) is 5.91 Å². The monoisotopic (exact) mass is 708 g/mol.